The van der Waals surface area contributed by atoms with Crippen molar-refractivity contribution in [3.8, 4) is 0 Å². The number of para-hydroxylation sites is 1. The maximum absolute atomic E-state index is 12.7. The smallest absolute Gasteiger partial charge is 0.232 e. The van der Waals surface area contributed by atoms with E-state index in [1.165, 1.54) is 0 Å². The van der Waals surface area contributed by atoms with E-state index >= 15 is 0 Å². The van der Waals surface area contributed by atoms with Crippen molar-refractivity contribution in [2.45, 2.75) is 6.42 Å². The summed E-state index contributed by atoms with van der Waals surface area (Å²) in [7, 11) is 1.80. The molecular formula is C20H16N2O2. The average Bonchev–Trinajstić information content (AvgIpc) is 3.03. The first kappa shape index (κ1) is 14.5. The lowest BCUT2D eigenvalue weighted by Gasteiger charge is -2.19. The van der Waals surface area contributed by atoms with E-state index in [1.807, 2.05) is 66.7 Å². The van der Waals surface area contributed by atoms with Crippen LogP contribution in [0.4, 0.5) is 5.69 Å². The Kier molecular flexibility index (Phi) is 3.50. The fourth-order valence-corrected chi connectivity index (χ4v) is 2.96. The zero-order valence-corrected chi connectivity index (χ0v) is 13.3. The molecule has 24 heavy (non-hydrogen) atoms. The van der Waals surface area contributed by atoms with Crippen molar-refractivity contribution in [1.29, 1.82) is 0 Å². The van der Waals surface area contributed by atoms with Gasteiger partial charge in [0.2, 0.25) is 5.91 Å². The summed E-state index contributed by atoms with van der Waals surface area (Å²) in [6, 6.07) is 21.6. The maximum atomic E-state index is 12.7. The van der Waals surface area contributed by atoms with Crippen molar-refractivity contribution in [2.24, 2.45) is 0 Å². The molecule has 0 saturated carbocycles. The molecule has 0 saturated heterocycles. The van der Waals surface area contributed by atoms with E-state index in [-0.39, 0.29) is 12.3 Å². The van der Waals surface area contributed by atoms with Crippen LogP contribution >= 0.6 is 0 Å². The molecule has 4 aromatic rings. The van der Waals surface area contributed by atoms with Crippen LogP contribution in [0, 0.1) is 0 Å². The van der Waals surface area contributed by atoms with Crippen molar-refractivity contribution < 1.29 is 9.32 Å². The number of benzene rings is 3. The summed E-state index contributed by atoms with van der Waals surface area (Å²) in [6.45, 7) is 0. The van der Waals surface area contributed by atoms with E-state index in [0.29, 0.717) is 11.3 Å². The number of hydrogen-bond donors (Lipinski definition) is 0. The van der Waals surface area contributed by atoms with Crippen LogP contribution < -0.4 is 4.90 Å². The molecule has 1 heterocycles. The highest BCUT2D eigenvalue weighted by Gasteiger charge is 2.17. The number of nitrogens with zero attached hydrogens (tertiary/aromatic N) is 2. The molecule has 0 unspecified atom stereocenters. The molecule has 0 fully saturated rings. The highest BCUT2D eigenvalue weighted by atomic mass is 16.5. The summed E-state index contributed by atoms with van der Waals surface area (Å²) in [5.41, 5.74) is 2.27. The van der Waals surface area contributed by atoms with Crippen LogP contribution in [0.5, 0.6) is 0 Å². The van der Waals surface area contributed by atoms with Gasteiger partial charge in [0.25, 0.3) is 0 Å². The molecule has 0 aliphatic heterocycles. The second-order valence-corrected chi connectivity index (χ2v) is 5.75. The molecule has 4 rings (SSSR count). The number of likely N-dealkylation sites (N-methyl/N-ethyl adjacent to an activating group) is 1. The Balaban J connectivity index is 1.66. The molecule has 118 valence electrons. The molecule has 1 amide bonds. The molecule has 4 nitrogen and oxygen atoms in total. The Morgan fingerprint density at radius 1 is 0.958 bits per heavy atom. The van der Waals surface area contributed by atoms with Crippen LogP contribution in [-0.2, 0) is 11.2 Å². The molecule has 0 bridgehead atoms. The minimum Gasteiger partial charge on any atom is -0.356 e. The number of anilines is 1. The summed E-state index contributed by atoms with van der Waals surface area (Å²) < 4.78 is 5.28. The Bertz CT molecular complexity index is 1030. The summed E-state index contributed by atoms with van der Waals surface area (Å²) in [5, 5.41) is 7.11. The van der Waals surface area contributed by atoms with Gasteiger partial charge in [0, 0.05) is 17.8 Å². The van der Waals surface area contributed by atoms with Crippen molar-refractivity contribution in [3.05, 3.63) is 72.4 Å². The van der Waals surface area contributed by atoms with E-state index in [1.54, 1.807) is 11.9 Å². The van der Waals surface area contributed by atoms with Crippen LogP contribution in [0.2, 0.25) is 0 Å². The van der Waals surface area contributed by atoms with Crippen molar-refractivity contribution >= 4 is 33.3 Å². The molecule has 0 N–H and O–H groups in total. The van der Waals surface area contributed by atoms with Gasteiger partial charge >= 0.3 is 0 Å². The van der Waals surface area contributed by atoms with Gasteiger partial charge in [0.1, 0.15) is 5.69 Å². The molecular weight excluding hydrogens is 300 g/mol. The second-order valence-electron chi connectivity index (χ2n) is 5.75. The van der Waals surface area contributed by atoms with E-state index in [4.69, 9.17) is 4.52 Å². The number of rotatable bonds is 3. The lowest BCUT2D eigenvalue weighted by molar-refractivity contribution is -0.117. The minimum atomic E-state index is -0.0228. The predicted molar refractivity (Wildman–Crippen MR) is 95.1 cm³/mol. The van der Waals surface area contributed by atoms with Crippen molar-refractivity contribution in [1.82, 2.24) is 5.16 Å². The summed E-state index contributed by atoms with van der Waals surface area (Å²) in [6.07, 6.45) is 0.205. The Morgan fingerprint density at radius 2 is 1.67 bits per heavy atom. The van der Waals surface area contributed by atoms with Crippen molar-refractivity contribution in [2.75, 3.05) is 11.9 Å². The summed E-state index contributed by atoms with van der Waals surface area (Å²) >= 11 is 0. The molecule has 0 aliphatic carbocycles. The van der Waals surface area contributed by atoms with Gasteiger partial charge in [-0.15, -0.1) is 0 Å². The van der Waals surface area contributed by atoms with Gasteiger partial charge in [-0.3, -0.25) is 4.79 Å². The fourth-order valence-electron chi connectivity index (χ4n) is 2.96. The monoisotopic (exact) mass is 316 g/mol. The quantitative estimate of drug-likeness (QED) is 0.569. The van der Waals surface area contributed by atoms with Crippen LogP contribution in [0.25, 0.3) is 21.7 Å². The van der Waals surface area contributed by atoms with Crippen LogP contribution in [0.1, 0.15) is 5.69 Å². The second kappa shape index (κ2) is 5.81. The Morgan fingerprint density at radius 3 is 2.54 bits per heavy atom. The molecule has 0 spiro atoms. The standard InChI is InChI=1S/C20H16N2O2/c1-22(18-11-6-8-14-7-2-3-9-15(14)18)20(23)13-17-16-10-4-5-12-19(16)24-21-17/h2-12H,13H2,1H3. The SMILES string of the molecule is CN(C(=O)Cc1noc2ccccc12)c1cccc2ccccc12. The van der Waals surface area contributed by atoms with Gasteiger partial charge in [-0.1, -0.05) is 53.7 Å². The number of aromatic nitrogens is 1. The zero-order chi connectivity index (χ0) is 16.5. The lowest BCUT2D eigenvalue weighted by Crippen LogP contribution is -2.28. The number of hydrogen-bond acceptors (Lipinski definition) is 3. The minimum absolute atomic E-state index is 0.0228. The molecule has 0 radical (unpaired) electrons. The van der Waals surface area contributed by atoms with Gasteiger partial charge in [-0.25, -0.2) is 0 Å². The lowest BCUT2D eigenvalue weighted by atomic mass is 10.1. The third-order valence-electron chi connectivity index (χ3n) is 4.27. The normalized spacial score (nSPS) is 11.0. The van der Waals surface area contributed by atoms with Crippen LogP contribution in [0.3, 0.4) is 0 Å². The molecule has 0 atom stereocenters. The number of fused-ring (bicyclic) bond motifs is 2. The Hall–Kier alpha value is -3.14. The van der Waals surface area contributed by atoms with Gasteiger partial charge in [0.05, 0.1) is 12.1 Å². The fraction of sp³-hybridized carbons (Fsp3) is 0.100. The summed E-state index contributed by atoms with van der Waals surface area (Å²) in [5.74, 6) is -0.0228. The Labute approximate surface area is 139 Å². The summed E-state index contributed by atoms with van der Waals surface area (Å²) in [4.78, 5) is 14.4. The molecule has 1 aromatic heterocycles. The van der Waals surface area contributed by atoms with Gasteiger partial charge in [-0.05, 0) is 23.6 Å². The van der Waals surface area contributed by atoms with E-state index in [2.05, 4.69) is 5.16 Å². The maximum Gasteiger partial charge on any atom is 0.232 e. The van der Waals surface area contributed by atoms with Crippen LogP contribution in [-0.4, -0.2) is 18.1 Å². The number of carbonyl (C=O) groups is 1. The number of amides is 1. The van der Waals surface area contributed by atoms with E-state index in [9.17, 15) is 4.79 Å². The van der Waals surface area contributed by atoms with E-state index in [0.717, 1.165) is 21.8 Å². The average molecular weight is 316 g/mol. The van der Waals surface area contributed by atoms with Crippen molar-refractivity contribution in [3.63, 3.8) is 0 Å². The van der Waals surface area contributed by atoms with Gasteiger partial charge in [-0.2, -0.15) is 0 Å². The first-order chi connectivity index (χ1) is 11.7. The zero-order valence-electron chi connectivity index (χ0n) is 13.3. The van der Waals surface area contributed by atoms with E-state index < -0.39 is 0 Å². The largest absolute Gasteiger partial charge is 0.356 e. The first-order valence-corrected chi connectivity index (χ1v) is 7.81. The molecule has 3 aromatic carbocycles. The van der Waals surface area contributed by atoms with Gasteiger partial charge < -0.3 is 9.42 Å². The first-order valence-electron chi connectivity index (χ1n) is 7.81. The highest BCUT2D eigenvalue weighted by molar-refractivity contribution is 6.04. The topological polar surface area (TPSA) is 46.3 Å². The van der Waals surface area contributed by atoms with Gasteiger partial charge in [0.15, 0.2) is 5.58 Å². The molecule has 4 heteroatoms. The third-order valence-corrected chi connectivity index (χ3v) is 4.27. The predicted octanol–water partition coefficient (Wildman–Crippen LogP) is 4.19. The third kappa shape index (κ3) is 2.42. The van der Waals surface area contributed by atoms with Crippen LogP contribution in [0.15, 0.2) is 71.3 Å². The highest BCUT2D eigenvalue weighted by Crippen LogP contribution is 2.27. The number of carbonyl (C=O) groups excluding carboxylic acids is 1. The molecule has 0 aliphatic rings.